The minimum absolute atomic E-state index is 0.0321. The third kappa shape index (κ3) is 5.71. The highest BCUT2D eigenvalue weighted by Gasteiger charge is 2.35. The number of nitrogens with one attached hydrogen (secondary N) is 1. The number of nitrogen functional groups attached to an aromatic ring is 1. The number of anilines is 1. The van der Waals surface area contributed by atoms with Gasteiger partial charge in [0.1, 0.15) is 16.7 Å². The molecule has 5 N–H and O–H groups in total. The van der Waals surface area contributed by atoms with Gasteiger partial charge in [-0.1, -0.05) is 18.2 Å². The van der Waals surface area contributed by atoms with Crippen molar-refractivity contribution in [2.45, 2.75) is 12.6 Å². The molecule has 2 aromatic heterocycles. The minimum Gasteiger partial charge on any atom is -0.395 e. The summed E-state index contributed by atoms with van der Waals surface area (Å²) >= 11 is 0.705. The van der Waals surface area contributed by atoms with Gasteiger partial charge in [-0.05, 0) is 40.9 Å². The molecule has 0 fully saturated rings. The maximum atomic E-state index is 13.7. The molecule has 34 heavy (non-hydrogen) atoms. The first-order valence-electron chi connectivity index (χ1n) is 10.1. The van der Waals surface area contributed by atoms with E-state index in [1.807, 2.05) is 0 Å². The molecule has 0 radical (unpaired) electrons. The number of rotatable bonds is 10. The summed E-state index contributed by atoms with van der Waals surface area (Å²) < 4.78 is 22.5. The van der Waals surface area contributed by atoms with Gasteiger partial charge in [-0.3, -0.25) is 19.4 Å². The molecule has 3 rings (SSSR count). The number of pyridine rings is 1. The van der Waals surface area contributed by atoms with Crippen molar-refractivity contribution in [3.8, 4) is 0 Å². The first-order chi connectivity index (χ1) is 16.3. The van der Waals surface area contributed by atoms with E-state index in [9.17, 15) is 18.8 Å². The number of hydrogen-bond acceptors (Lipinski definition) is 8. The number of nitrogens with two attached hydrogens (primary N) is 2. The summed E-state index contributed by atoms with van der Waals surface area (Å²) in [6.07, 6.45) is 3.13. The normalized spacial score (nSPS) is 11.6. The molecule has 1 atom stereocenters. The number of nitrogens with zero attached hydrogens (tertiary/aromatic N) is 3. The van der Waals surface area contributed by atoms with E-state index in [-0.39, 0.29) is 36.0 Å². The SMILES string of the molecule is COCCNC(=O)[C@@H](c1ccc(F)cc1)N(Cc1cccnc1)C(=O)c1snc(C(N)=O)c1N. The van der Waals surface area contributed by atoms with Crippen molar-refractivity contribution < 1.29 is 23.5 Å². The van der Waals surface area contributed by atoms with Crippen LogP contribution in [0.25, 0.3) is 0 Å². The summed E-state index contributed by atoms with van der Waals surface area (Å²) in [6, 6.07) is 7.50. The Kier molecular flexibility index (Phi) is 8.22. The van der Waals surface area contributed by atoms with Crippen LogP contribution in [0.2, 0.25) is 0 Å². The van der Waals surface area contributed by atoms with Crippen LogP contribution in [-0.4, -0.2) is 52.2 Å². The molecule has 0 saturated heterocycles. The molecule has 2 heterocycles. The molecule has 0 saturated carbocycles. The second-order valence-electron chi connectivity index (χ2n) is 7.17. The zero-order valence-corrected chi connectivity index (χ0v) is 19.0. The Bertz CT molecular complexity index is 1160. The van der Waals surface area contributed by atoms with Crippen LogP contribution in [0.5, 0.6) is 0 Å². The van der Waals surface area contributed by atoms with Crippen molar-refractivity contribution in [2.24, 2.45) is 5.73 Å². The molecule has 1 aromatic carbocycles. The summed E-state index contributed by atoms with van der Waals surface area (Å²) in [7, 11) is 1.49. The van der Waals surface area contributed by atoms with Crippen molar-refractivity contribution in [3.63, 3.8) is 0 Å². The third-order valence-electron chi connectivity index (χ3n) is 4.84. The lowest BCUT2D eigenvalue weighted by molar-refractivity contribution is -0.126. The third-order valence-corrected chi connectivity index (χ3v) is 5.69. The van der Waals surface area contributed by atoms with Crippen LogP contribution < -0.4 is 16.8 Å². The number of halogens is 1. The van der Waals surface area contributed by atoms with Gasteiger partial charge >= 0.3 is 0 Å². The van der Waals surface area contributed by atoms with Crippen LogP contribution in [0, 0.1) is 5.82 Å². The molecule has 12 heteroatoms. The topological polar surface area (TPSA) is 154 Å². The van der Waals surface area contributed by atoms with Gasteiger partial charge in [-0.2, -0.15) is 4.37 Å². The number of carbonyl (C=O) groups excluding carboxylic acids is 3. The standard InChI is InChI=1S/C22H23FN6O4S/c1-33-10-9-27-21(31)18(14-4-6-15(23)7-5-14)29(12-13-3-2-8-26-11-13)22(32)19-16(24)17(20(25)30)28-34-19/h2-8,11,18H,9-10,12,24H2,1H3,(H2,25,30)(H,27,31)/t18-/m1/s1. The van der Waals surface area contributed by atoms with Crippen LogP contribution in [0.1, 0.15) is 37.3 Å². The number of carbonyl (C=O) groups is 3. The summed E-state index contributed by atoms with van der Waals surface area (Å²) in [5.74, 6) is -2.54. The van der Waals surface area contributed by atoms with Crippen molar-refractivity contribution in [2.75, 3.05) is 26.0 Å². The summed E-state index contributed by atoms with van der Waals surface area (Å²) in [4.78, 5) is 43.9. The predicted molar refractivity (Wildman–Crippen MR) is 123 cm³/mol. The molecular formula is C22H23FN6O4S. The first kappa shape index (κ1) is 24.7. The highest BCUT2D eigenvalue weighted by atomic mass is 32.1. The van der Waals surface area contributed by atoms with Crippen molar-refractivity contribution in [1.82, 2.24) is 19.6 Å². The van der Waals surface area contributed by atoms with E-state index in [1.54, 1.807) is 24.5 Å². The predicted octanol–water partition coefficient (Wildman–Crippen LogP) is 1.50. The zero-order valence-electron chi connectivity index (χ0n) is 18.2. The highest BCUT2D eigenvalue weighted by Crippen LogP contribution is 2.30. The van der Waals surface area contributed by atoms with E-state index in [0.29, 0.717) is 22.7 Å². The molecule has 0 spiro atoms. The summed E-state index contributed by atoms with van der Waals surface area (Å²) in [5.41, 5.74) is 11.9. The molecule has 0 aliphatic heterocycles. The second kappa shape index (κ2) is 11.3. The lowest BCUT2D eigenvalue weighted by Gasteiger charge is -2.31. The zero-order chi connectivity index (χ0) is 24.7. The average Bonchev–Trinajstić information content (AvgIpc) is 3.22. The Balaban J connectivity index is 2.09. The fourth-order valence-electron chi connectivity index (χ4n) is 3.22. The largest absolute Gasteiger partial charge is 0.395 e. The Hall–Kier alpha value is -3.90. The number of aromatic nitrogens is 2. The van der Waals surface area contributed by atoms with Crippen LogP contribution in [-0.2, 0) is 16.1 Å². The molecule has 0 unspecified atom stereocenters. The van der Waals surface area contributed by atoms with Crippen molar-refractivity contribution in [3.05, 3.63) is 76.3 Å². The van der Waals surface area contributed by atoms with E-state index in [2.05, 4.69) is 14.7 Å². The first-order valence-corrected chi connectivity index (χ1v) is 10.9. The van der Waals surface area contributed by atoms with Gasteiger partial charge in [0.05, 0.1) is 12.3 Å². The molecular weight excluding hydrogens is 463 g/mol. The number of amides is 3. The second-order valence-corrected chi connectivity index (χ2v) is 7.94. The number of primary amides is 1. The molecule has 0 bridgehead atoms. The van der Waals surface area contributed by atoms with Crippen LogP contribution in [0.4, 0.5) is 10.1 Å². The molecule has 178 valence electrons. The maximum Gasteiger partial charge on any atom is 0.270 e. The number of methoxy groups -OCH3 is 1. The minimum atomic E-state index is -1.16. The number of benzene rings is 1. The van der Waals surface area contributed by atoms with E-state index in [1.165, 1.54) is 36.3 Å². The van der Waals surface area contributed by atoms with Crippen molar-refractivity contribution >= 4 is 34.9 Å². The summed E-state index contributed by atoms with van der Waals surface area (Å²) in [5, 5.41) is 2.72. The fraction of sp³-hybridized carbons (Fsp3) is 0.227. The Labute approximate surface area is 198 Å². The molecule has 10 nitrogen and oxygen atoms in total. The van der Waals surface area contributed by atoms with Crippen LogP contribution in [0.3, 0.4) is 0 Å². The number of ether oxygens (including phenoxy) is 1. The van der Waals surface area contributed by atoms with Gasteiger partial charge in [0.25, 0.3) is 11.8 Å². The molecule has 0 aliphatic carbocycles. The van der Waals surface area contributed by atoms with Gasteiger partial charge in [0.2, 0.25) is 5.91 Å². The smallest absolute Gasteiger partial charge is 0.270 e. The molecule has 0 aliphatic rings. The maximum absolute atomic E-state index is 13.7. The Morgan fingerprint density at radius 2 is 1.97 bits per heavy atom. The molecule has 3 amide bonds. The van der Waals surface area contributed by atoms with Gasteiger partial charge < -0.3 is 26.4 Å². The fourth-order valence-corrected chi connectivity index (χ4v) is 3.98. The van der Waals surface area contributed by atoms with E-state index >= 15 is 0 Å². The Morgan fingerprint density at radius 3 is 2.56 bits per heavy atom. The summed E-state index contributed by atoms with van der Waals surface area (Å²) in [6.45, 7) is 0.411. The number of hydrogen-bond donors (Lipinski definition) is 3. The van der Waals surface area contributed by atoms with E-state index in [0.717, 1.165) is 0 Å². The van der Waals surface area contributed by atoms with Gasteiger partial charge in [-0.15, -0.1) is 0 Å². The van der Waals surface area contributed by atoms with Gasteiger partial charge in [0, 0.05) is 32.6 Å². The van der Waals surface area contributed by atoms with Crippen molar-refractivity contribution in [1.29, 1.82) is 0 Å². The highest BCUT2D eigenvalue weighted by molar-refractivity contribution is 7.09. The lowest BCUT2D eigenvalue weighted by Crippen LogP contribution is -2.44. The quantitative estimate of drug-likeness (QED) is 0.367. The van der Waals surface area contributed by atoms with Crippen LogP contribution in [0.15, 0.2) is 48.8 Å². The Morgan fingerprint density at radius 1 is 1.24 bits per heavy atom. The monoisotopic (exact) mass is 486 g/mol. The van der Waals surface area contributed by atoms with E-state index in [4.69, 9.17) is 16.2 Å². The van der Waals surface area contributed by atoms with Gasteiger partial charge in [-0.25, -0.2) is 4.39 Å². The van der Waals surface area contributed by atoms with E-state index < -0.39 is 29.6 Å². The molecule has 3 aromatic rings. The van der Waals surface area contributed by atoms with Crippen LogP contribution >= 0.6 is 11.5 Å². The lowest BCUT2D eigenvalue weighted by atomic mass is 10.0. The van der Waals surface area contributed by atoms with Gasteiger partial charge in [0.15, 0.2) is 5.69 Å². The average molecular weight is 487 g/mol.